The first kappa shape index (κ1) is 18.6. The summed E-state index contributed by atoms with van der Waals surface area (Å²) in [6, 6.07) is 9.91. The molecule has 1 heterocycles. The van der Waals surface area contributed by atoms with Gasteiger partial charge in [0.15, 0.2) is 11.7 Å². The first-order chi connectivity index (χ1) is 13.0. The molecule has 5 nitrogen and oxygen atoms in total. The van der Waals surface area contributed by atoms with Gasteiger partial charge in [0.2, 0.25) is 5.91 Å². The van der Waals surface area contributed by atoms with E-state index in [1.54, 1.807) is 31.2 Å². The molecular formula is C20H18F2N2O3. The molecule has 0 aliphatic heterocycles. The average Bonchev–Trinajstić information content (AvgIpc) is 3.08. The molecule has 0 unspecified atom stereocenters. The number of aryl methyl sites for hydroxylation is 1. The fourth-order valence-corrected chi connectivity index (χ4v) is 2.74. The van der Waals surface area contributed by atoms with Crippen LogP contribution in [0.2, 0.25) is 0 Å². The van der Waals surface area contributed by atoms with Gasteiger partial charge in [-0.05, 0) is 25.1 Å². The van der Waals surface area contributed by atoms with Gasteiger partial charge in [-0.3, -0.25) is 4.79 Å². The number of halogens is 2. The summed E-state index contributed by atoms with van der Waals surface area (Å²) in [5.74, 6) is -1.46. The topological polar surface area (TPSA) is 75.4 Å². The molecule has 140 valence electrons. The lowest BCUT2D eigenvalue weighted by atomic mass is 10.1. The fourth-order valence-electron chi connectivity index (χ4n) is 2.74. The van der Waals surface area contributed by atoms with Gasteiger partial charge >= 0.3 is 0 Å². The standard InChI is InChI=1S/C20H18F2N2O3/c1-12(13-5-2-3-8-16(13)25)24-18(26)9-10-19-23-11-17(27-19)20-14(21)6-4-7-15(20)22/h2-8,11-12,25H,9-10H2,1H3,(H,24,26)/t12-/m1/s1. The summed E-state index contributed by atoms with van der Waals surface area (Å²) in [5.41, 5.74) is 0.327. The van der Waals surface area contributed by atoms with Crippen molar-refractivity contribution in [1.82, 2.24) is 10.3 Å². The molecule has 1 aromatic heterocycles. The van der Waals surface area contributed by atoms with Gasteiger partial charge in [0.05, 0.1) is 17.8 Å². The molecule has 3 aromatic rings. The minimum absolute atomic E-state index is 0.0245. The quantitative estimate of drug-likeness (QED) is 0.682. The first-order valence-corrected chi connectivity index (χ1v) is 8.42. The number of aromatic hydroxyl groups is 1. The smallest absolute Gasteiger partial charge is 0.220 e. The molecule has 0 radical (unpaired) electrons. The molecule has 27 heavy (non-hydrogen) atoms. The number of hydrogen-bond donors (Lipinski definition) is 2. The van der Waals surface area contributed by atoms with Gasteiger partial charge < -0.3 is 14.8 Å². The maximum Gasteiger partial charge on any atom is 0.220 e. The molecule has 0 spiro atoms. The van der Waals surface area contributed by atoms with Crippen LogP contribution in [-0.2, 0) is 11.2 Å². The third kappa shape index (κ3) is 4.31. The minimum Gasteiger partial charge on any atom is -0.508 e. The molecule has 7 heteroatoms. The minimum atomic E-state index is -0.744. The van der Waals surface area contributed by atoms with Crippen LogP contribution in [0.1, 0.15) is 30.8 Å². The van der Waals surface area contributed by atoms with E-state index in [1.807, 2.05) is 0 Å². The van der Waals surface area contributed by atoms with E-state index in [1.165, 1.54) is 12.3 Å². The van der Waals surface area contributed by atoms with Crippen LogP contribution in [0.15, 0.2) is 53.1 Å². The van der Waals surface area contributed by atoms with Crippen molar-refractivity contribution < 1.29 is 23.1 Å². The number of benzene rings is 2. The van der Waals surface area contributed by atoms with Crippen molar-refractivity contribution >= 4 is 5.91 Å². The second-order valence-corrected chi connectivity index (χ2v) is 6.06. The molecule has 0 saturated heterocycles. The molecular weight excluding hydrogens is 354 g/mol. The van der Waals surface area contributed by atoms with Crippen molar-refractivity contribution in [3.8, 4) is 17.1 Å². The first-order valence-electron chi connectivity index (χ1n) is 8.42. The Hall–Kier alpha value is -3.22. The number of rotatable bonds is 6. The van der Waals surface area contributed by atoms with Crippen molar-refractivity contribution in [2.75, 3.05) is 0 Å². The van der Waals surface area contributed by atoms with Crippen LogP contribution in [0.3, 0.4) is 0 Å². The number of amides is 1. The van der Waals surface area contributed by atoms with Crippen LogP contribution in [0, 0.1) is 11.6 Å². The van der Waals surface area contributed by atoms with Crippen LogP contribution < -0.4 is 5.32 Å². The Balaban J connectivity index is 1.60. The van der Waals surface area contributed by atoms with Crippen molar-refractivity contribution in [3.05, 3.63) is 71.8 Å². The Morgan fingerprint density at radius 1 is 1.19 bits per heavy atom. The van der Waals surface area contributed by atoms with E-state index in [0.29, 0.717) is 5.56 Å². The van der Waals surface area contributed by atoms with Crippen LogP contribution in [0.25, 0.3) is 11.3 Å². The molecule has 1 atom stereocenters. The van der Waals surface area contributed by atoms with E-state index in [9.17, 15) is 18.7 Å². The van der Waals surface area contributed by atoms with Crippen molar-refractivity contribution in [3.63, 3.8) is 0 Å². The predicted octanol–water partition coefficient (Wildman–Crippen LogP) is 4.14. The molecule has 0 aliphatic carbocycles. The van der Waals surface area contributed by atoms with Crippen molar-refractivity contribution in [1.29, 1.82) is 0 Å². The molecule has 0 bridgehead atoms. The highest BCUT2D eigenvalue weighted by molar-refractivity contribution is 5.76. The van der Waals surface area contributed by atoms with E-state index < -0.39 is 11.6 Å². The maximum absolute atomic E-state index is 13.8. The lowest BCUT2D eigenvalue weighted by Crippen LogP contribution is -2.26. The van der Waals surface area contributed by atoms with Crippen LogP contribution in [-0.4, -0.2) is 16.0 Å². The highest BCUT2D eigenvalue weighted by Crippen LogP contribution is 2.27. The number of oxazole rings is 1. The van der Waals surface area contributed by atoms with Gasteiger partial charge in [0, 0.05) is 18.4 Å². The molecule has 0 aliphatic rings. The number of phenolic OH excluding ortho intramolecular Hbond substituents is 1. The van der Waals surface area contributed by atoms with Crippen LogP contribution in [0.4, 0.5) is 8.78 Å². The number of nitrogens with one attached hydrogen (secondary N) is 1. The summed E-state index contributed by atoms with van der Waals surface area (Å²) in [5, 5.41) is 12.6. The highest BCUT2D eigenvalue weighted by atomic mass is 19.1. The third-order valence-electron chi connectivity index (χ3n) is 4.11. The van der Waals surface area contributed by atoms with E-state index in [4.69, 9.17) is 4.42 Å². The van der Waals surface area contributed by atoms with Crippen LogP contribution >= 0.6 is 0 Å². The van der Waals surface area contributed by atoms with Crippen molar-refractivity contribution in [2.45, 2.75) is 25.8 Å². The van der Waals surface area contributed by atoms with Crippen molar-refractivity contribution in [2.24, 2.45) is 0 Å². The Bertz CT molecular complexity index is 936. The molecule has 2 N–H and O–H groups in total. The largest absolute Gasteiger partial charge is 0.508 e. The van der Waals surface area contributed by atoms with Gasteiger partial charge in [0.1, 0.15) is 17.4 Å². The Kier molecular flexibility index (Phi) is 5.49. The summed E-state index contributed by atoms with van der Waals surface area (Å²) in [4.78, 5) is 16.1. The number of para-hydroxylation sites is 1. The monoisotopic (exact) mass is 372 g/mol. The molecule has 1 amide bonds. The zero-order valence-corrected chi connectivity index (χ0v) is 14.6. The summed E-state index contributed by atoms with van der Waals surface area (Å²) < 4.78 is 32.9. The normalized spacial score (nSPS) is 12.0. The van der Waals surface area contributed by atoms with Gasteiger partial charge in [0.25, 0.3) is 0 Å². The Morgan fingerprint density at radius 2 is 1.89 bits per heavy atom. The SMILES string of the molecule is C[C@@H](NC(=O)CCc1ncc(-c2c(F)cccc2F)o1)c1ccccc1O. The lowest BCUT2D eigenvalue weighted by molar-refractivity contribution is -0.121. The third-order valence-corrected chi connectivity index (χ3v) is 4.11. The number of hydrogen-bond acceptors (Lipinski definition) is 4. The molecule has 3 rings (SSSR count). The predicted molar refractivity (Wildman–Crippen MR) is 94.8 cm³/mol. The molecule has 2 aromatic carbocycles. The van der Waals surface area contributed by atoms with Gasteiger partial charge in [-0.1, -0.05) is 24.3 Å². The van der Waals surface area contributed by atoms with E-state index in [-0.39, 0.29) is 47.8 Å². The second-order valence-electron chi connectivity index (χ2n) is 6.06. The van der Waals surface area contributed by atoms with Crippen LogP contribution in [0.5, 0.6) is 5.75 Å². The second kappa shape index (κ2) is 7.99. The molecule has 0 saturated carbocycles. The highest BCUT2D eigenvalue weighted by Gasteiger charge is 2.17. The zero-order valence-electron chi connectivity index (χ0n) is 14.6. The van der Waals surface area contributed by atoms with E-state index in [0.717, 1.165) is 12.1 Å². The summed E-state index contributed by atoms with van der Waals surface area (Å²) in [7, 11) is 0. The number of carbonyl (C=O) groups is 1. The summed E-state index contributed by atoms with van der Waals surface area (Å²) in [6.45, 7) is 1.76. The number of aromatic nitrogens is 1. The van der Waals surface area contributed by atoms with Gasteiger partial charge in [-0.2, -0.15) is 0 Å². The Labute approximate surface area is 154 Å². The summed E-state index contributed by atoms with van der Waals surface area (Å²) >= 11 is 0. The Morgan fingerprint density at radius 3 is 2.59 bits per heavy atom. The number of nitrogens with zero attached hydrogens (tertiary/aromatic N) is 1. The van der Waals surface area contributed by atoms with E-state index >= 15 is 0 Å². The lowest BCUT2D eigenvalue weighted by Gasteiger charge is -2.15. The number of carbonyl (C=O) groups excluding carboxylic acids is 1. The average molecular weight is 372 g/mol. The summed E-state index contributed by atoms with van der Waals surface area (Å²) in [6.07, 6.45) is 1.49. The maximum atomic E-state index is 13.8. The van der Waals surface area contributed by atoms with Gasteiger partial charge in [-0.25, -0.2) is 13.8 Å². The van der Waals surface area contributed by atoms with Gasteiger partial charge in [-0.15, -0.1) is 0 Å². The molecule has 0 fully saturated rings. The zero-order chi connectivity index (χ0) is 19.4. The number of phenols is 1. The fraction of sp³-hybridized carbons (Fsp3) is 0.200. The van der Waals surface area contributed by atoms with E-state index in [2.05, 4.69) is 10.3 Å².